The second kappa shape index (κ2) is 10.9. The quantitative estimate of drug-likeness (QED) is 0.243. The van der Waals surface area contributed by atoms with E-state index < -0.39 is 5.97 Å². The number of aromatic nitrogens is 3. The minimum atomic E-state index is -0.928. The highest BCUT2D eigenvalue weighted by Crippen LogP contribution is 2.45. The van der Waals surface area contributed by atoms with Gasteiger partial charge < -0.3 is 23.9 Å². The number of hydrogen-bond acceptors (Lipinski definition) is 8. The Hall–Kier alpha value is -3.99. The highest BCUT2D eigenvalue weighted by Gasteiger charge is 2.31. The summed E-state index contributed by atoms with van der Waals surface area (Å²) >= 11 is 1.66. The van der Waals surface area contributed by atoms with Crippen LogP contribution in [0, 0.1) is 0 Å². The van der Waals surface area contributed by atoms with E-state index in [1.165, 1.54) is 5.56 Å². The molecular weight excluding hydrogens is 564 g/mol. The van der Waals surface area contributed by atoms with Crippen LogP contribution in [0.1, 0.15) is 58.0 Å². The lowest BCUT2D eigenvalue weighted by molar-refractivity contribution is -0.0592. The highest BCUT2D eigenvalue weighted by atomic mass is 32.1. The number of carboxylic acids is 1. The molecule has 3 aromatic carbocycles. The van der Waals surface area contributed by atoms with Gasteiger partial charge in [-0.3, -0.25) is 4.90 Å². The van der Waals surface area contributed by atoms with Crippen LogP contribution in [-0.4, -0.2) is 62.9 Å². The van der Waals surface area contributed by atoms with Gasteiger partial charge in [-0.05, 0) is 74.7 Å². The number of hydrogen-bond donors (Lipinski definition) is 1. The molecular formula is C33H32N4O5S. The maximum atomic E-state index is 11.6. The third-order valence-electron chi connectivity index (χ3n) is 8.89. The van der Waals surface area contributed by atoms with Crippen molar-refractivity contribution in [2.75, 3.05) is 26.3 Å². The number of imidazole rings is 1. The molecule has 3 aliphatic rings. The van der Waals surface area contributed by atoms with Crippen LogP contribution in [0.2, 0.25) is 0 Å². The Morgan fingerprint density at radius 1 is 1.00 bits per heavy atom. The number of rotatable bonds is 7. The molecule has 0 radical (unpaired) electrons. The first-order valence-corrected chi connectivity index (χ1v) is 15.7. The van der Waals surface area contributed by atoms with Crippen LogP contribution in [-0.2, 0) is 17.8 Å². The summed E-state index contributed by atoms with van der Waals surface area (Å²) in [4.78, 5) is 23.8. The van der Waals surface area contributed by atoms with Crippen LogP contribution in [0.3, 0.4) is 0 Å². The molecule has 43 heavy (non-hydrogen) atoms. The summed E-state index contributed by atoms with van der Waals surface area (Å²) < 4.78 is 21.9. The Labute approximate surface area is 252 Å². The van der Waals surface area contributed by atoms with E-state index in [0.717, 1.165) is 82.5 Å². The van der Waals surface area contributed by atoms with Crippen LogP contribution in [0.15, 0.2) is 60.7 Å². The van der Waals surface area contributed by atoms with E-state index in [9.17, 15) is 9.90 Å². The molecule has 2 saturated heterocycles. The standard InChI is InChI=1S/C33H32N4O5S/c38-33(39)21-8-9-24-26(16-21)37(17-22-12-15-40-22)30(34-24)18-36-13-10-20(11-14-36)23-4-3-6-27-31(23)41-19-28(42-27)32-35-25-5-1-2-7-29(25)43-32/h1-9,16,20,22,28H,10-15,17-19H2,(H,38,39)/t22-,28+/m0/s1. The second-order valence-electron chi connectivity index (χ2n) is 11.6. The summed E-state index contributed by atoms with van der Waals surface area (Å²) in [6.45, 7) is 4.51. The average Bonchev–Trinajstić information content (AvgIpc) is 3.59. The number of carbonyl (C=O) groups is 1. The van der Waals surface area contributed by atoms with E-state index in [1.807, 2.05) is 30.3 Å². The minimum Gasteiger partial charge on any atom is -0.485 e. The summed E-state index contributed by atoms with van der Waals surface area (Å²) in [6, 6.07) is 19.6. The maximum absolute atomic E-state index is 11.6. The molecule has 0 amide bonds. The number of carboxylic acid groups (broad SMARTS) is 1. The van der Waals surface area contributed by atoms with Crippen molar-refractivity contribution < 1.29 is 24.1 Å². The van der Waals surface area contributed by atoms with Gasteiger partial charge in [0, 0.05) is 12.2 Å². The fraction of sp³-hybridized carbons (Fsp3) is 0.364. The van der Waals surface area contributed by atoms with Gasteiger partial charge in [0.25, 0.3) is 0 Å². The number of nitrogens with zero attached hydrogens (tertiary/aromatic N) is 4. The van der Waals surface area contributed by atoms with Gasteiger partial charge in [-0.25, -0.2) is 14.8 Å². The van der Waals surface area contributed by atoms with Crippen molar-refractivity contribution in [2.45, 2.75) is 50.5 Å². The Balaban J connectivity index is 0.969. The lowest BCUT2D eigenvalue weighted by Crippen LogP contribution is -2.35. The molecule has 0 unspecified atom stereocenters. The Bertz CT molecular complexity index is 1790. The van der Waals surface area contributed by atoms with Crippen LogP contribution >= 0.6 is 11.3 Å². The van der Waals surface area contributed by atoms with Crippen molar-refractivity contribution in [3.63, 3.8) is 0 Å². The summed E-state index contributed by atoms with van der Waals surface area (Å²) in [5, 5.41) is 10.5. The smallest absolute Gasteiger partial charge is 0.335 e. The molecule has 0 aliphatic carbocycles. The van der Waals surface area contributed by atoms with E-state index in [0.29, 0.717) is 25.6 Å². The van der Waals surface area contributed by atoms with Crippen molar-refractivity contribution in [1.29, 1.82) is 0 Å². The van der Waals surface area contributed by atoms with Crippen LogP contribution < -0.4 is 9.47 Å². The summed E-state index contributed by atoms with van der Waals surface area (Å²) in [5.74, 6) is 2.08. The Morgan fingerprint density at radius 2 is 1.86 bits per heavy atom. The highest BCUT2D eigenvalue weighted by molar-refractivity contribution is 7.18. The number of fused-ring (bicyclic) bond motifs is 3. The zero-order valence-electron chi connectivity index (χ0n) is 23.6. The maximum Gasteiger partial charge on any atom is 0.335 e. The van der Waals surface area contributed by atoms with E-state index in [-0.39, 0.29) is 17.8 Å². The first kappa shape index (κ1) is 26.6. The molecule has 0 bridgehead atoms. The van der Waals surface area contributed by atoms with Gasteiger partial charge in [0.15, 0.2) is 17.6 Å². The van der Waals surface area contributed by atoms with Gasteiger partial charge in [-0.2, -0.15) is 0 Å². The molecule has 5 aromatic rings. The van der Waals surface area contributed by atoms with Gasteiger partial charge in [0.1, 0.15) is 17.4 Å². The zero-order chi connectivity index (χ0) is 28.9. The molecule has 5 heterocycles. The number of benzene rings is 3. The van der Waals surface area contributed by atoms with Crippen LogP contribution in [0.5, 0.6) is 11.5 Å². The predicted octanol–water partition coefficient (Wildman–Crippen LogP) is 6.03. The number of para-hydroxylation sites is 2. The molecule has 1 N–H and O–H groups in total. The third-order valence-corrected chi connectivity index (χ3v) is 10.0. The number of ether oxygens (including phenoxy) is 3. The first-order valence-electron chi connectivity index (χ1n) is 14.9. The van der Waals surface area contributed by atoms with Gasteiger partial charge in [-0.15, -0.1) is 11.3 Å². The van der Waals surface area contributed by atoms with E-state index >= 15 is 0 Å². The number of thiazole rings is 1. The zero-order valence-corrected chi connectivity index (χ0v) is 24.5. The number of aromatic carboxylic acids is 1. The van der Waals surface area contributed by atoms with Gasteiger partial charge in [0.2, 0.25) is 0 Å². The molecule has 0 spiro atoms. The van der Waals surface area contributed by atoms with E-state index in [1.54, 1.807) is 23.5 Å². The molecule has 8 rings (SSSR count). The lowest BCUT2D eigenvalue weighted by Gasteiger charge is -2.34. The van der Waals surface area contributed by atoms with E-state index in [2.05, 4.69) is 27.7 Å². The Morgan fingerprint density at radius 3 is 2.65 bits per heavy atom. The average molecular weight is 597 g/mol. The van der Waals surface area contributed by atoms with Crippen molar-refractivity contribution in [3.8, 4) is 11.5 Å². The normalized spacial score (nSPS) is 20.8. The molecule has 9 nitrogen and oxygen atoms in total. The monoisotopic (exact) mass is 596 g/mol. The van der Waals surface area contributed by atoms with Crippen LogP contribution in [0.25, 0.3) is 21.3 Å². The van der Waals surface area contributed by atoms with E-state index in [4.69, 9.17) is 24.2 Å². The van der Waals surface area contributed by atoms with Crippen molar-refractivity contribution >= 4 is 38.6 Å². The van der Waals surface area contributed by atoms with Gasteiger partial charge in [0.05, 0.1) is 46.0 Å². The summed E-state index contributed by atoms with van der Waals surface area (Å²) in [5.41, 5.74) is 4.17. The third kappa shape index (κ3) is 5.03. The molecule has 220 valence electrons. The van der Waals surface area contributed by atoms with Gasteiger partial charge in [-0.1, -0.05) is 24.3 Å². The molecule has 3 aliphatic heterocycles. The van der Waals surface area contributed by atoms with Crippen LogP contribution in [0.4, 0.5) is 0 Å². The topological polar surface area (TPSA) is 98.9 Å². The number of piperidine rings is 1. The Kier molecular flexibility index (Phi) is 6.77. The molecule has 2 atom stereocenters. The number of likely N-dealkylation sites (tertiary alicyclic amines) is 1. The lowest BCUT2D eigenvalue weighted by atomic mass is 9.88. The minimum absolute atomic E-state index is 0.149. The molecule has 0 saturated carbocycles. The summed E-state index contributed by atoms with van der Waals surface area (Å²) in [6.07, 6.45) is 2.97. The molecule has 2 fully saturated rings. The molecule has 10 heteroatoms. The van der Waals surface area contributed by atoms with Gasteiger partial charge >= 0.3 is 5.97 Å². The second-order valence-corrected chi connectivity index (χ2v) is 12.7. The predicted molar refractivity (Wildman–Crippen MR) is 163 cm³/mol. The fourth-order valence-electron chi connectivity index (χ4n) is 6.46. The fourth-order valence-corrected chi connectivity index (χ4v) is 7.44. The van der Waals surface area contributed by atoms with Crippen molar-refractivity contribution in [1.82, 2.24) is 19.4 Å². The largest absolute Gasteiger partial charge is 0.485 e. The summed E-state index contributed by atoms with van der Waals surface area (Å²) in [7, 11) is 0. The van der Waals surface area contributed by atoms with Crippen molar-refractivity contribution in [2.24, 2.45) is 0 Å². The SMILES string of the molecule is O=C(O)c1ccc2nc(CN3CCC(c4cccc5c4OC[C@H](c4nc6ccccc6s4)O5)CC3)n(C[C@@H]3CCO3)c2c1. The molecule has 2 aromatic heterocycles. The first-order chi connectivity index (χ1) is 21.1. The van der Waals surface area contributed by atoms with Crippen molar-refractivity contribution in [3.05, 3.63) is 82.6 Å².